The van der Waals surface area contributed by atoms with Crippen LogP contribution in [0.4, 0.5) is 5.69 Å². The molecule has 1 aliphatic rings. The molecule has 1 fully saturated rings. The van der Waals surface area contributed by atoms with Crippen molar-refractivity contribution >= 4 is 5.69 Å². The summed E-state index contributed by atoms with van der Waals surface area (Å²) in [6.45, 7) is 9.66. The molecule has 2 nitrogen and oxygen atoms in total. The maximum Gasteiger partial charge on any atom is 0.0667 e. The smallest absolute Gasteiger partial charge is 0.0667 e. The van der Waals surface area contributed by atoms with Gasteiger partial charge in [0.25, 0.3) is 0 Å². The highest BCUT2D eigenvalue weighted by Gasteiger charge is 2.51. The van der Waals surface area contributed by atoms with E-state index in [4.69, 9.17) is 4.74 Å². The number of hydrogen-bond donors (Lipinski definition) is 1. The predicted octanol–water partition coefficient (Wildman–Crippen LogP) is 4.00. The summed E-state index contributed by atoms with van der Waals surface area (Å²) in [5.41, 5.74) is 2.84. The molecule has 1 N–H and O–H groups in total. The molecule has 0 spiro atoms. The summed E-state index contributed by atoms with van der Waals surface area (Å²) in [4.78, 5) is 0. The van der Waals surface area contributed by atoms with Gasteiger partial charge in [0.05, 0.1) is 6.10 Å². The van der Waals surface area contributed by atoms with Crippen molar-refractivity contribution in [3.8, 4) is 0 Å². The number of anilines is 1. The molecule has 2 heteroatoms. The van der Waals surface area contributed by atoms with Crippen molar-refractivity contribution in [3.05, 3.63) is 29.8 Å². The number of aryl methyl sites for hydroxylation is 1. The molecule has 18 heavy (non-hydrogen) atoms. The van der Waals surface area contributed by atoms with E-state index in [0.29, 0.717) is 12.1 Å². The molecule has 0 saturated heterocycles. The van der Waals surface area contributed by atoms with Gasteiger partial charge in [-0.25, -0.2) is 0 Å². The zero-order valence-corrected chi connectivity index (χ0v) is 12.0. The van der Waals surface area contributed by atoms with Crippen molar-refractivity contribution in [1.82, 2.24) is 0 Å². The largest absolute Gasteiger partial charge is 0.381 e. The number of ether oxygens (including phenoxy) is 1. The van der Waals surface area contributed by atoms with Crippen LogP contribution in [0.5, 0.6) is 0 Å². The second-order valence-corrected chi connectivity index (χ2v) is 5.55. The zero-order chi connectivity index (χ0) is 13.2. The SMILES string of the molecule is CCOC1CC(Nc2ccccc2C)C1(C)CC. The molecule has 2 rings (SSSR count). The van der Waals surface area contributed by atoms with E-state index in [2.05, 4.69) is 57.3 Å². The fraction of sp³-hybridized carbons (Fsp3) is 0.625. The summed E-state index contributed by atoms with van der Waals surface area (Å²) in [6, 6.07) is 9.03. The first kappa shape index (κ1) is 13.4. The third-order valence-electron chi connectivity index (χ3n) is 4.59. The third-order valence-corrected chi connectivity index (χ3v) is 4.59. The van der Waals surface area contributed by atoms with Crippen LogP contribution in [-0.4, -0.2) is 18.8 Å². The summed E-state index contributed by atoms with van der Waals surface area (Å²) in [7, 11) is 0. The monoisotopic (exact) mass is 247 g/mol. The highest BCUT2D eigenvalue weighted by Crippen LogP contribution is 2.47. The fourth-order valence-corrected chi connectivity index (χ4v) is 2.90. The first-order valence-electron chi connectivity index (χ1n) is 7.05. The van der Waals surface area contributed by atoms with Gasteiger partial charge >= 0.3 is 0 Å². The van der Waals surface area contributed by atoms with Gasteiger partial charge in [0, 0.05) is 23.8 Å². The Labute approximate surface area is 111 Å². The molecular formula is C16H25NO. The van der Waals surface area contributed by atoms with E-state index < -0.39 is 0 Å². The Kier molecular flexibility index (Phi) is 3.96. The van der Waals surface area contributed by atoms with Crippen LogP contribution in [0.3, 0.4) is 0 Å². The second kappa shape index (κ2) is 5.31. The average molecular weight is 247 g/mol. The molecule has 0 radical (unpaired) electrons. The fourth-order valence-electron chi connectivity index (χ4n) is 2.90. The molecule has 100 valence electrons. The first-order chi connectivity index (χ1) is 8.61. The van der Waals surface area contributed by atoms with Crippen LogP contribution in [0.15, 0.2) is 24.3 Å². The Balaban J connectivity index is 2.06. The number of hydrogen-bond acceptors (Lipinski definition) is 2. The van der Waals surface area contributed by atoms with Gasteiger partial charge in [0.2, 0.25) is 0 Å². The summed E-state index contributed by atoms with van der Waals surface area (Å²) in [6.07, 6.45) is 2.68. The number of para-hydroxylation sites is 1. The Morgan fingerprint density at radius 2 is 2.06 bits per heavy atom. The minimum atomic E-state index is 0.262. The Hall–Kier alpha value is -1.02. The molecule has 0 heterocycles. The van der Waals surface area contributed by atoms with Crippen LogP contribution in [0.2, 0.25) is 0 Å². The summed E-state index contributed by atoms with van der Waals surface area (Å²) >= 11 is 0. The van der Waals surface area contributed by atoms with Gasteiger partial charge in [0.1, 0.15) is 0 Å². The highest BCUT2D eigenvalue weighted by atomic mass is 16.5. The number of nitrogens with one attached hydrogen (secondary N) is 1. The van der Waals surface area contributed by atoms with Crippen molar-refractivity contribution in [2.75, 3.05) is 11.9 Å². The lowest BCUT2D eigenvalue weighted by Gasteiger charge is -2.54. The molecule has 3 unspecified atom stereocenters. The molecule has 0 bridgehead atoms. The minimum absolute atomic E-state index is 0.262. The quantitative estimate of drug-likeness (QED) is 0.849. The summed E-state index contributed by atoms with van der Waals surface area (Å²) in [5.74, 6) is 0. The van der Waals surface area contributed by atoms with Gasteiger partial charge in [0.15, 0.2) is 0 Å². The van der Waals surface area contributed by atoms with Gasteiger partial charge < -0.3 is 10.1 Å². The van der Waals surface area contributed by atoms with Crippen LogP contribution in [0, 0.1) is 12.3 Å². The van der Waals surface area contributed by atoms with Gasteiger partial charge in [-0.2, -0.15) is 0 Å². The van der Waals surface area contributed by atoms with Crippen molar-refractivity contribution in [3.63, 3.8) is 0 Å². The lowest BCUT2D eigenvalue weighted by Crippen LogP contribution is -2.59. The molecule has 1 aromatic rings. The summed E-state index contributed by atoms with van der Waals surface area (Å²) in [5, 5.41) is 3.70. The Bertz CT molecular complexity index is 404. The minimum Gasteiger partial charge on any atom is -0.381 e. The maximum absolute atomic E-state index is 5.84. The van der Waals surface area contributed by atoms with Crippen molar-refractivity contribution in [1.29, 1.82) is 0 Å². The second-order valence-electron chi connectivity index (χ2n) is 5.55. The molecule has 1 aliphatic carbocycles. The van der Waals surface area contributed by atoms with Crippen molar-refractivity contribution in [2.24, 2.45) is 5.41 Å². The van der Waals surface area contributed by atoms with Crippen molar-refractivity contribution in [2.45, 2.75) is 52.7 Å². The van der Waals surface area contributed by atoms with Crippen LogP contribution in [-0.2, 0) is 4.74 Å². The van der Waals surface area contributed by atoms with Gasteiger partial charge in [-0.1, -0.05) is 32.0 Å². The van der Waals surface area contributed by atoms with Crippen LogP contribution >= 0.6 is 0 Å². The van der Waals surface area contributed by atoms with E-state index in [0.717, 1.165) is 19.4 Å². The predicted molar refractivity (Wildman–Crippen MR) is 77.0 cm³/mol. The molecule has 3 atom stereocenters. The molecule has 1 saturated carbocycles. The Morgan fingerprint density at radius 3 is 2.67 bits per heavy atom. The van der Waals surface area contributed by atoms with E-state index >= 15 is 0 Å². The highest BCUT2D eigenvalue weighted by molar-refractivity contribution is 5.52. The molecule has 0 aromatic heterocycles. The topological polar surface area (TPSA) is 21.3 Å². The third kappa shape index (κ3) is 2.26. The lowest BCUT2D eigenvalue weighted by molar-refractivity contribution is -0.109. The van der Waals surface area contributed by atoms with Crippen LogP contribution in [0.1, 0.15) is 39.2 Å². The molecule has 0 aliphatic heterocycles. The van der Waals surface area contributed by atoms with E-state index in [1.165, 1.54) is 11.3 Å². The van der Waals surface area contributed by atoms with E-state index in [1.807, 2.05) is 0 Å². The maximum atomic E-state index is 5.84. The normalized spacial score (nSPS) is 30.9. The number of rotatable bonds is 5. The average Bonchev–Trinajstić information content (AvgIpc) is 2.38. The number of benzene rings is 1. The van der Waals surface area contributed by atoms with Gasteiger partial charge in [-0.15, -0.1) is 0 Å². The van der Waals surface area contributed by atoms with E-state index in [-0.39, 0.29) is 5.41 Å². The zero-order valence-electron chi connectivity index (χ0n) is 12.0. The van der Waals surface area contributed by atoms with E-state index in [1.54, 1.807) is 0 Å². The Morgan fingerprint density at radius 1 is 1.33 bits per heavy atom. The van der Waals surface area contributed by atoms with E-state index in [9.17, 15) is 0 Å². The van der Waals surface area contributed by atoms with Gasteiger partial charge in [-0.05, 0) is 38.3 Å². The molecule has 0 amide bonds. The van der Waals surface area contributed by atoms with Crippen molar-refractivity contribution < 1.29 is 4.74 Å². The first-order valence-corrected chi connectivity index (χ1v) is 7.05. The molecular weight excluding hydrogens is 222 g/mol. The summed E-state index contributed by atoms with van der Waals surface area (Å²) < 4.78 is 5.84. The standard InChI is InChI=1S/C16H25NO/c1-5-16(4)14(11-15(16)18-6-2)17-13-10-8-7-9-12(13)3/h7-10,14-15,17H,5-6,11H2,1-4H3. The van der Waals surface area contributed by atoms with Crippen LogP contribution in [0.25, 0.3) is 0 Å². The lowest BCUT2D eigenvalue weighted by atomic mass is 9.61. The van der Waals surface area contributed by atoms with Crippen LogP contribution < -0.4 is 5.32 Å². The molecule has 1 aromatic carbocycles. The van der Waals surface area contributed by atoms with Gasteiger partial charge in [-0.3, -0.25) is 0 Å².